The number of hydrogen-bond donors (Lipinski definition) is 0. The average molecular weight is 309 g/mol. The highest BCUT2D eigenvalue weighted by atomic mass is 35.5. The second kappa shape index (κ2) is 6.00. The second-order valence-corrected chi connectivity index (χ2v) is 4.98. The maximum absolute atomic E-state index is 11.3. The van der Waals surface area contributed by atoms with Gasteiger partial charge in [-0.2, -0.15) is 5.26 Å². The minimum Gasteiger partial charge on any atom is -0.468 e. The molecule has 20 heavy (non-hydrogen) atoms. The van der Waals surface area contributed by atoms with Gasteiger partial charge in [-0.05, 0) is 23.8 Å². The second-order valence-electron chi connectivity index (χ2n) is 4.10. The molecule has 0 spiro atoms. The van der Waals surface area contributed by atoms with Crippen molar-refractivity contribution in [2.45, 2.75) is 6.54 Å². The predicted molar refractivity (Wildman–Crippen MR) is 76.6 cm³/mol. The van der Waals surface area contributed by atoms with E-state index in [0.29, 0.717) is 21.2 Å². The van der Waals surface area contributed by atoms with Gasteiger partial charge in [-0.15, -0.1) is 0 Å². The molecule has 0 saturated heterocycles. The number of rotatable bonds is 3. The molecule has 0 radical (unpaired) electrons. The topological polar surface area (TPSA) is 55.0 Å². The minimum atomic E-state index is -0.389. The fraction of sp³-hybridized carbons (Fsp3) is 0.143. The normalized spacial score (nSPS) is 10.1. The van der Waals surface area contributed by atoms with Crippen molar-refractivity contribution in [3.8, 4) is 17.2 Å². The fourth-order valence-electron chi connectivity index (χ4n) is 1.84. The number of carbonyl (C=O) groups is 1. The molecule has 0 unspecified atom stereocenters. The minimum absolute atomic E-state index is 0.0411. The number of halogens is 2. The van der Waals surface area contributed by atoms with Crippen molar-refractivity contribution in [3.63, 3.8) is 0 Å². The SMILES string of the molecule is COC(=O)Cn1cc(C#N)c(-c2cc(Cl)cc(Cl)c2)c1. The lowest BCUT2D eigenvalue weighted by Crippen LogP contribution is -2.09. The molecule has 0 aliphatic heterocycles. The molecule has 0 fully saturated rings. The molecule has 4 nitrogen and oxygen atoms in total. The van der Waals surface area contributed by atoms with Crippen LogP contribution in [-0.4, -0.2) is 17.6 Å². The largest absolute Gasteiger partial charge is 0.468 e. The van der Waals surface area contributed by atoms with Gasteiger partial charge in [-0.3, -0.25) is 4.79 Å². The van der Waals surface area contributed by atoms with E-state index in [2.05, 4.69) is 10.8 Å². The number of esters is 1. The van der Waals surface area contributed by atoms with Gasteiger partial charge in [0.05, 0.1) is 12.7 Å². The van der Waals surface area contributed by atoms with Gasteiger partial charge in [-0.1, -0.05) is 23.2 Å². The Morgan fingerprint density at radius 3 is 2.50 bits per heavy atom. The first-order chi connectivity index (χ1) is 9.53. The highest BCUT2D eigenvalue weighted by molar-refractivity contribution is 6.35. The van der Waals surface area contributed by atoms with Gasteiger partial charge in [0.15, 0.2) is 0 Å². The molecule has 1 aromatic carbocycles. The van der Waals surface area contributed by atoms with Crippen LogP contribution in [0.15, 0.2) is 30.6 Å². The maximum atomic E-state index is 11.3. The van der Waals surface area contributed by atoms with E-state index in [0.717, 1.165) is 5.56 Å². The van der Waals surface area contributed by atoms with E-state index >= 15 is 0 Å². The zero-order valence-electron chi connectivity index (χ0n) is 10.6. The van der Waals surface area contributed by atoms with Crippen LogP contribution in [0.25, 0.3) is 11.1 Å². The summed E-state index contributed by atoms with van der Waals surface area (Å²) in [6, 6.07) is 7.13. The summed E-state index contributed by atoms with van der Waals surface area (Å²) in [4.78, 5) is 11.3. The Balaban J connectivity index is 2.45. The van der Waals surface area contributed by atoms with Gasteiger partial charge < -0.3 is 9.30 Å². The molecule has 0 bridgehead atoms. The standard InChI is InChI=1S/C14H10Cl2N2O2/c1-20-14(19)8-18-6-10(5-17)13(7-18)9-2-11(15)4-12(16)3-9/h2-4,6-7H,8H2,1H3. The van der Waals surface area contributed by atoms with E-state index in [1.54, 1.807) is 35.2 Å². The van der Waals surface area contributed by atoms with Gasteiger partial charge in [0.25, 0.3) is 0 Å². The number of ether oxygens (including phenoxy) is 1. The van der Waals surface area contributed by atoms with Crippen LogP contribution in [0.3, 0.4) is 0 Å². The van der Waals surface area contributed by atoms with Crippen LogP contribution in [-0.2, 0) is 16.1 Å². The molecule has 0 amide bonds. The molecule has 0 N–H and O–H groups in total. The van der Waals surface area contributed by atoms with Crippen molar-refractivity contribution in [1.29, 1.82) is 5.26 Å². The first-order valence-electron chi connectivity index (χ1n) is 5.66. The van der Waals surface area contributed by atoms with E-state index in [4.69, 9.17) is 23.2 Å². The molecule has 6 heteroatoms. The number of nitrogens with zero attached hydrogens (tertiary/aromatic N) is 2. The van der Waals surface area contributed by atoms with Crippen molar-refractivity contribution in [1.82, 2.24) is 4.57 Å². The number of hydrogen-bond acceptors (Lipinski definition) is 3. The molecular weight excluding hydrogens is 299 g/mol. The first kappa shape index (κ1) is 14.4. The highest BCUT2D eigenvalue weighted by Crippen LogP contribution is 2.30. The summed E-state index contributed by atoms with van der Waals surface area (Å²) >= 11 is 11.9. The number of aromatic nitrogens is 1. The van der Waals surface area contributed by atoms with Gasteiger partial charge in [0.2, 0.25) is 0 Å². The van der Waals surface area contributed by atoms with E-state index in [9.17, 15) is 10.1 Å². The third-order valence-electron chi connectivity index (χ3n) is 2.71. The van der Waals surface area contributed by atoms with Crippen molar-refractivity contribution < 1.29 is 9.53 Å². The van der Waals surface area contributed by atoms with Crippen molar-refractivity contribution >= 4 is 29.2 Å². The van der Waals surface area contributed by atoms with Gasteiger partial charge in [-0.25, -0.2) is 0 Å². The summed E-state index contributed by atoms with van der Waals surface area (Å²) < 4.78 is 6.19. The Morgan fingerprint density at radius 2 is 1.95 bits per heavy atom. The Morgan fingerprint density at radius 1 is 1.30 bits per heavy atom. The van der Waals surface area contributed by atoms with Crippen LogP contribution >= 0.6 is 23.2 Å². The molecule has 2 rings (SSSR count). The quantitative estimate of drug-likeness (QED) is 0.815. The molecule has 0 atom stereocenters. The fourth-order valence-corrected chi connectivity index (χ4v) is 2.37. The monoisotopic (exact) mass is 308 g/mol. The summed E-state index contributed by atoms with van der Waals surface area (Å²) in [6.45, 7) is 0.0411. The summed E-state index contributed by atoms with van der Waals surface area (Å²) in [6.07, 6.45) is 3.28. The van der Waals surface area contributed by atoms with E-state index in [1.807, 2.05) is 0 Å². The van der Waals surface area contributed by atoms with Crippen LogP contribution in [0.2, 0.25) is 10.0 Å². The van der Waals surface area contributed by atoms with Crippen LogP contribution in [0.4, 0.5) is 0 Å². The molecular formula is C14H10Cl2N2O2. The number of methoxy groups -OCH3 is 1. The van der Waals surface area contributed by atoms with Gasteiger partial charge in [0.1, 0.15) is 12.6 Å². The molecule has 1 aromatic heterocycles. The van der Waals surface area contributed by atoms with Gasteiger partial charge in [0, 0.05) is 28.0 Å². The predicted octanol–water partition coefficient (Wildman–Crippen LogP) is 3.51. The van der Waals surface area contributed by atoms with Crippen LogP contribution in [0.1, 0.15) is 5.56 Å². The van der Waals surface area contributed by atoms with E-state index in [-0.39, 0.29) is 12.5 Å². The average Bonchev–Trinajstić information content (AvgIpc) is 2.80. The number of nitriles is 1. The smallest absolute Gasteiger partial charge is 0.325 e. The molecule has 1 heterocycles. The van der Waals surface area contributed by atoms with Crippen molar-refractivity contribution in [2.24, 2.45) is 0 Å². The van der Waals surface area contributed by atoms with Crippen LogP contribution in [0, 0.1) is 11.3 Å². The third-order valence-corrected chi connectivity index (χ3v) is 3.15. The van der Waals surface area contributed by atoms with Crippen molar-refractivity contribution in [3.05, 3.63) is 46.2 Å². The Kier molecular flexibility index (Phi) is 4.33. The summed E-state index contributed by atoms with van der Waals surface area (Å²) in [5.74, 6) is -0.389. The summed E-state index contributed by atoms with van der Waals surface area (Å²) in [7, 11) is 1.31. The number of benzene rings is 1. The molecule has 0 saturated carbocycles. The maximum Gasteiger partial charge on any atom is 0.325 e. The molecule has 2 aromatic rings. The lowest BCUT2D eigenvalue weighted by molar-refractivity contribution is -0.141. The lowest BCUT2D eigenvalue weighted by atomic mass is 10.1. The molecule has 0 aliphatic rings. The zero-order valence-corrected chi connectivity index (χ0v) is 12.1. The number of carbonyl (C=O) groups excluding carboxylic acids is 1. The highest BCUT2D eigenvalue weighted by Gasteiger charge is 2.12. The Bertz CT molecular complexity index is 681. The third kappa shape index (κ3) is 3.13. The molecule has 102 valence electrons. The van der Waals surface area contributed by atoms with Gasteiger partial charge >= 0.3 is 5.97 Å². The van der Waals surface area contributed by atoms with E-state index in [1.165, 1.54) is 7.11 Å². The van der Waals surface area contributed by atoms with Crippen LogP contribution in [0.5, 0.6) is 0 Å². The van der Waals surface area contributed by atoms with E-state index < -0.39 is 0 Å². The first-order valence-corrected chi connectivity index (χ1v) is 6.42. The zero-order chi connectivity index (χ0) is 14.7. The summed E-state index contributed by atoms with van der Waals surface area (Å²) in [5, 5.41) is 10.1. The Hall–Kier alpha value is -1.96. The van der Waals surface area contributed by atoms with Crippen LogP contribution < -0.4 is 0 Å². The Labute approximate surface area is 126 Å². The molecule has 0 aliphatic carbocycles. The summed E-state index contributed by atoms with van der Waals surface area (Å²) in [5.41, 5.74) is 1.83. The van der Waals surface area contributed by atoms with Crippen molar-refractivity contribution in [2.75, 3.05) is 7.11 Å². The lowest BCUT2D eigenvalue weighted by Gasteiger charge is -2.02.